The van der Waals surface area contributed by atoms with Crippen LogP contribution < -0.4 is 14.8 Å². The van der Waals surface area contributed by atoms with Crippen LogP contribution in [0.15, 0.2) is 18.2 Å². The van der Waals surface area contributed by atoms with Crippen molar-refractivity contribution >= 4 is 29.6 Å². The number of hydrogen-bond donors (Lipinski definition) is 1. The lowest BCUT2D eigenvalue weighted by Crippen LogP contribution is -2.36. The van der Waals surface area contributed by atoms with E-state index in [4.69, 9.17) is 21.1 Å². The molecule has 0 spiro atoms. The van der Waals surface area contributed by atoms with E-state index in [1.807, 2.05) is 6.92 Å². The zero-order valence-corrected chi connectivity index (χ0v) is 15.4. The molecule has 1 N–H and O–H groups in total. The van der Waals surface area contributed by atoms with Gasteiger partial charge in [0.1, 0.15) is 6.54 Å². The third-order valence-electron chi connectivity index (χ3n) is 2.95. The SMILES string of the molecule is CCCOc1c(Cl)cc(/C=C/C(=O)OCC(=O)NCC(F)(F)F)cc1OC. The average Bonchev–Trinajstić information content (AvgIpc) is 2.61. The standard InChI is InChI=1S/C17H19ClF3NO5/c1-3-6-26-16-12(18)7-11(8-13(16)25-2)4-5-15(24)27-9-14(23)22-10-17(19,20)21/h4-5,7-8H,3,6,9-10H2,1-2H3,(H,22,23)/b5-4+. The first-order chi connectivity index (χ1) is 12.7. The van der Waals surface area contributed by atoms with Gasteiger partial charge in [-0.3, -0.25) is 4.79 Å². The molecule has 27 heavy (non-hydrogen) atoms. The topological polar surface area (TPSA) is 73.9 Å². The molecule has 0 saturated heterocycles. The molecule has 0 aliphatic carbocycles. The molecule has 0 aliphatic rings. The van der Waals surface area contributed by atoms with Gasteiger partial charge < -0.3 is 19.5 Å². The van der Waals surface area contributed by atoms with Crippen molar-refractivity contribution in [2.75, 3.05) is 26.9 Å². The largest absolute Gasteiger partial charge is 0.493 e. The summed E-state index contributed by atoms with van der Waals surface area (Å²) in [4.78, 5) is 22.7. The number of alkyl halides is 3. The predicted molar refractivity (Wildman–Crippen MR) is 92.8 cm³/mol. The Labute approximate surface area is 159 Å². The first-order valence-electron chi connectivity index (χ1n) is 7.85. The van der Waals surface area contributed by atoms with Crippen LogP contribution in [0.3, 0.4) is 0 Å². The van der Waals surface area contributed by atoms with Gasteiger partial charge in [0.2, 0.25) is 0 Å². The zero-order chi connectivity index (χ0) is 20.4. The number of benzene rings is 1. The van der Waals surface area contributed by atoms with Crippen LogP contribution in [0.1, 0.15) is 18.9 Å². The Balaban J connectivity index is 2.64. The van der Waals surface area contributed by atoms with Gasteiger partial charge >= 0.3 is 12.1 Å². The van der Waals surface area contributed by atoms with E-state index in [9.17, 15) is 22.8 Å². The molecule has 0 radical (unpaired) electrons. The van der Waals surface area contributed by atoms with Crippen molar-refractivity contribution in [3.05, 3.63) is 28.8 Å². The highest BCUT2D eigenvalue weighted by Gasteiger charge is 2.27. The number of amides is 1. The van der Waals surface area contributed by atoms with Gasteiger partial charge in [0.15, 0.2) is 18.1 Å². The van der Waals surface area contributed by atoms with Crippen molar-refractivity contribution in [3.8, 4) is 11.5 Å². The Morgan fingerprint density at radius 1 is 1.30 bits per heavy atom. The number of nitrogens with one attached hydrogen (secondary N) is 1. The van der Waals surface area contributed by atoms with Gasteiger partial charge in [-0.1, -0.05) is 18.5 Å². The number of hydrogen-bond acceptors (Lipinski definition) is 5. The number of carbonyl (C=O) groups excluding carboxylic acids is 2. The number of ether oxygens (including phenoxy) is 3. The van der Waals surface area contributed by atoms with Crippen LogP contribution in [0.4, 0.5) is 13.2 Å². The summed E-state index contributed by atoms with van der Waals surface area (Å²) < 4.78 is 51.1. The highest BCUT2D eigenvalue weighted by Crippen LogP contribution is 2.36. The van der Waals surface area contributed by atoms with Crippen molar-refractivity contribution in [1.29, 1.82) is 0 Å². The molecule has 0 fully saturated rings. The molecule has 0 bridgehead atoms. The Kier molecular flexibility index (Phi) is 8.93. The molecule has 1 amide bonds. The smallest absolute Gasteiger partial charge is 0.405 e. The number of rotatable bonds is 9. The molecule has 6 nitrogen and oxygen atoms in total. The quantitative estimate of drug-likeness (QED) is 0.500. The van der Waals surface area contributed by atoms with Crippen LogP contribution in [0.25, 0.3) is 6.08 Å². The van der Waals surface area contributed by atoms with E-state index >= 15 is 0 Å². The first kappa shape index (κ1) is 22.6. The summed E-state index contributed by atoms with van der Waals surface area (Å²) in [6.07, 6.45) is -1.39. The molecule has 0 aromatic heterocycles. The highest BCUT2D eigenvalue weighted by atomic mass is 35.5. The van der Waals surface area contributed by atoms with Gasteiger partial charge in [0, 0.05) is 6.08 Å². The molecular formula is C17H19ClF3NO5. The van der Waals surface area contributed by atoms with Crippen LogP contribution in [-0.2, 0) is 14.3 Å². The highest BCUT2D eigenvalue weighted by molar-refractivity contribution is 6.32. The summed E-state index contributed by atoms with van der Waals surface area (Å²) in [5.74, 6) is -1.22. The fraction of sp³-hybridized carbons (Fsp3) is 0.412. The molecular weight excluding hydrogens is 391 g/mol. The summed E-state index contributed by atoms with van der Waals surface area (Å²) in [5.41, 5.74) is 0.499. The summed E-state index contributed by atoms with van der Waals surface area (Å²) in [5, 5.41) is 1.86. The number of methoxy groups -OCH3 is 1. The second kappa shape index (κ2) is 10.7. The maximum atomic E-state index is 12.0. The fourth-order valence-electron chi connectivity index (χ4n) is 1.78. The number of halogens is 4. The van der Waals surface area contributed by atoms with Crippen molar-refractivity contribution in [2.45, 2.75) is 19.5 Å². The molecule has 1 aromatic carbocycles. The van der Waals surface area contributed by atoms with Gasteiger partial charge in [0.25, 0.3) is 5.91 Å². The van der Waals surface area contributed by atoms with Gasteiger partial charge in [-0.2, -0.15) is 13.2 Å². The van der Waals surface area contributed by atoms with E-state index in [1.54, 1.807) is 11.4 Å². The van der Waals surface area contributed by atoms with Crippen LogP contribution >= 0.6 is 11.6 Å². The third-order valence-corrected chi connectivity index (χ3v) is 3.23. The van der Waals surface area contributed by atoms with Crippen LogP contribution in [0.2, 0.25) is 5.02 Å². The molecule has 150 valence electrons. The Hall–Kier alpha value is -2.42. The molecule has 0 aliphatic heterocycles. The summed E-state index contributed by atoms with van der Waals surface area (Å²) in [6, 6.07) is 3.12. The first-order valence-corrected chi connectivity index (χ1v) is 8.22. The normalized spacial score (nSPS) is 11.3. The van der Waals surface area contributed by atoms with E-state index in [0.29, 0.717) is 23.7 Å². The van der Waals surface area contributed by atoms with Crippen LogP contribution in [0, 0.1) is 0 Å². The monoisotopic (exact) mass is 409 g/mol. The van der Waals surface area contributed by atoms with E-state index in [0.717, 1.165) is 12.5 Å². The maximum absolute atomic E-state index is 12.0. The minimum absolute atomic E-state index is 0.280. The second-order valence-corrected chi connectivity index (χ2v) is 5.62. The Bertz CT molecular complexity index is 692. The van der Waals surface area contributed by atoms with Crippen molar-refractivity contribution in [3.63, 3.8) is 0 Å². The third kappa shape index (κ3) is 8.67. The van der Waals surface area contributed by atoms with Crippen LogP contribution in [0.5, 0.6) is 11.5 Å². The predicted octanol–water partition coefficient (Wildman–Crippen LogP) is 3.37. The van der Waals surface area contributed by atoms with Crippen LogP contribution in [-0.4, -0.2) is 44.9 Å². The fourth-order valence-corrected chi connectivity index (χ4v) is 2.05. The van der Waals surface area contributed by atoms with Crippen molar-refractivity contribution < 1.29 is 37.0 Å². The molecule has 1 rings (SSSR count). The Morgan fingerprint density at radius 3 is 2.59 bits per heavy atom. The zero-order valence-electron chi connectivity index (χ0n) is 14.7. The van der Waals surface area contributed by atoms with E-state index in [2.05, 4.69) is 4.74 Å². The molecule has 0 unspecified atom stereocenters. The van der Waals surface area contributed by atoms with Gasteiger partial charge in [-0.05, 0) is 30.2 Å². The minimum Gasteiger partial charge on any atom is -0.493 e. The molecule has 0 saturated carbocycles. The maximum Gasteiger partial charge on any atom is 0.405 e. The van der Waals surface area contributed by atoms with Gasteiger partial charge in [0.05, 0.1) is 18.7 Å². The lowest BCUT2D eigenvalue weighted by molar-refractivity contribution is -0.148. The molecule has 10 heteroatoms. The molecule has 0 heterocycles. The summed E-state index contributed by atoms with van der Waals surface area (Å²) in [6.45, 7) is 0.0670. The van der Waals surface area contributed by atoms with E-state index in [1.165, 1.54) is 19.3 Å². The van der Waals surface area contributed by atoms with Crippen molar-refractivity contribution in [1.82, 2.24) is 5.32 Å². The van der Waals surface area contributed by atoms with E-state index < -0.39 is 31.2 Å². The van der Waals surface area contributed by atoms with Crippen molar-refractivity contribution in [2.24, 2.45) is 0 Å². The lowest BCUT2D eigenvalue weighted by Gasteiger charge is -2.12. The summed E-state index contributed by atoms with van der Waals surface area (Å²) in [7, 11) is 1.44. The second-order valence-electron chi connectivity index (χ2n) is 5.22. The minimum atomic E-state index is -4.54. The molecule has 1 aromatic rings. The number of esters is 1. The summed E-state index contributed by atoms with van der Waals surface area (Å²) >= 11 is 6.14. The Morgan fingerprint density at radius 2 is 2.00 bits per heavy atom. The lowest BCUT2D eigenvalue weighted by atomic mass is 10.2. The van der Waals surface area contributed by atoms with E-state index in [-0.39, 0.29) is 5.02 Å². The van der Waals surface area contributed by atoms with Gasteiger partial charge in [-0.25, -0.2) is 4.79 Å². The van der Waals surface area contributed by atoms with Gasteiger partial charge in [-0.15, -0.1) is 0 Å². The average molecular weight is 410 g/mol. The number of carbonyl (C=O) groups is 2. The molecule has 0 atom stereocenters.